The summed E-state index contributed by atoms with van der Waals surface area (Å²) in [6.45, 7) is 0. The SMILES string of the molecule is COc1ccc(CC(=O)NC2CCC(C(=O)O)CC2)cc1F. The van der Waals surface area contributed by atoms with Gasteiger partial charge in [0.2, 0.25) is 5.91 Å². The van der Waals surface area contributed by atoms with Crippen molar-refractivity contribution in [3.63, 3.8) is 0 Å². The Morgan fingerprint density at radius 3 is 2.55 bits per heavy atom. The number of halogens is 1. The first-order chi connectivity index (χ1) is 10.5. The zero-order chi connectivity index (χ0) is 16.1. The maximum Gasteiger partial charge on any atom is 0.306 e. The molecule has 0 aromatic heterocycles. The number of hydrogen-bond donors (Lipinski definition) is 2. The fraction of sp³-hybridized carbons (Fsp3) is 0.500. The molecule has 0 unspecified atom stereocenters. The van der Waals surface area contributed by atoms with Crippen LogP contribution >= 0.6 is 0 Å². The number of amides is 1. The Hall–Kier alpha value is -2.11. The Morgan fingerprint density at radius 1 is 1.32 bits per heavy atom. The summed E-state index contributed by atoms with van der Waals surface area (Å²) in [4.78, 5) is 22.9. The summed E-state index contributed by atoms with van der Waals surface area (Å²) in [5.41, 5.74) is 0.579. The van der Waals surface area contributed by atoms with Gasteiger partial charge in [-0.1, -0.05) is 6.07 Å². The van der Waals surface area contributed by atoms with Gasteiger partial charge in [0.25, 0.3) is 0 Å². The minimum Gasteiger partial charge on any atom is -0.494 e. The van der Waals surface area contributed by atoms with E-state index in [0.717, 1.165) is 0 Å². The number of carbonyl (C=O) groups excluding carboxylic acids is 1. The maximum absolute atomic E-state index is 13.6. The Labute approximate surface area is 128 Å². The third-order valence-electron chi connectivity index (χ3n) is 4.02. The van der Waals surface area contributed by atoms with Crippen LogP contribution in [0.5, 0.6) is 5.75 Å². The number of ether oxygens (including phenoxy) is 1. The fourth-order valence-electron chi connectivity index (χ4n) is 2.77. The molecule has 5 nitrogen and oxygen atoms in total. The molecule has 1 aromatic carbocycles. The molecule has 1 saturated carbocycles. The van der Waals surface area contributed by atoms with Crippen LogP contribution in [0.3, 0.4) is 0 Å². The van der Waals surface area contributed by atoms with Gasteiger partial charge in [-0.15, -0.1) is 0 Å². The van der Waals surface area contributed by atoms with Crippen LogP contribution in [0.1, 0.15) is 31.2 Å². The van der Waals surface area contributed by atoms with Crippen LogP contribution in [0.2, 0.25) is 0 Å². The number of benzene rings is 1. The van der Waals surface area contributed by atoms with Crippen molar-refractivity contribution < 1.29 is 23.8 Å². The highest BCUT2D eigenvalue weighted by molar-refractivity contribution is 5.79. The summed E-state index contributed by atoms with van der Waals surface area (Å²) in [6.07, 6.45) is 2.59. The van der Waals surface area contributed by atoms with Gasteiger partial charge in [-0.25, -0.2) is 4.39 Å². The molecule has 1 aliphatic rings. The summed E-state index contributed by atoms with van der Waals surface area (Å²) >= 11 is 0. The molecule has 0 heterocycles. The van der Waals surface area contributed by atoms with Gasteiger partial charge in [0, 0.05) is 6.04 Å². The van der Waals surface area contributed by atoms with Gasteiger partial charge in [-0.3, -0.25) is 9.59 Å². The Morgan fingerprint density at radius 2 is 2.00 bits per heavy atom. The molecule has 1 fully saturated rings. The third-order valence-corrected chi connectivity index (χ3v) is 4.02. The lowest BCUT2D eigenvalue weighted by Crippen LogP contribution is -2.39. The number of hydrogen-bond acceptors (Lipinski definition) is 3. The summed E-state index contributed by atoms with van der Waals surface area (Å²) in [7, 11) is 1.39. The number of carbonyl (C=O) groups is 2. The van der Waals surface area contributed by atoms with Crippen molar-refractivity contribution in [2.24, 2.45) is 5.92 Å². The van der Waals surface area contributed by atoms with Gasteiger partial charge < -0.3 is 15.2 Å². The highest BCUT2D eigenvalue weighted by Gasteiger charge is 2.26. The van der Waals surface area contributed by atoms with Crippen molar-refractivity contribution in [1.29, 1.82) is 0 Å². The summed E-state index contributed by atoms with van der Waals surface area (Å²) in [5.74, 6) is -1.59. The molecule has 0 saturated heterocycles. The molecule has 2 rings (SSSR count). The Kier molecular flexibility index (Phi) is 5.35. The standard InChI is InChI=1S/C16H20FNO4/c1-22-14-7-2-10(8-13(14)17)9-15(19)18-12-5-3-11(4-6-12)16(20)21/h2,7-8,11-12H,3-6,9H2,1H3,(H,18,19)(H,20,21). The second-order valence-electron chi connectivity index (χ2n) is 5.60. The largest absolute Gasteiger partial charge is 0.494 e. The van der Waals surface area contributed by atoms with Crippen LogP contribution < -0.4 is 10.1 Å². The van der Waals surface area contributed by atoms with Crippen molar-refractivity contribution in [2.75, 3.05) is 7.11 Å². The lowest BCUT2D eigenvalue weighted by atomic mass is 9.86. The van der Waals surface area contributed by atoms with Crippen LogP contribution in [0.15, 0.2) is 18.2 Å². The molecule has 1 aromatic rings. The molecule has 0 spiro atoms. The zero-order valence-electron chi connectivity index (χ0n) is 12.5. The van der Waals surface area contributed by atoms with Crippen LogP contribution in [0.4, 0.5) is 4.39 Å². The van der Waals surface area contributed by atoms with E-state index in [4.69, 9.17) is 9.84 Å². The van der Waals surface area contributed by atoms with E-state index in [1.807, 2.05) is 0 Å². The predicted molar refractivity (Wildman–Crippen MR) is 78.2 cm³/mol. The molecular weight excluding hydrogens is 289 g/mol. The van der Waals surface area contributed by atoms with Gasteiger partial charge in [0.1, 0.15) is 0 Å². The molecule has 0 radical (unpaired) electrons. The summed E-state index contributed by atoms with van der Waals surface area (Å²) < 4.78 is 18.4. The van der Waals surface area contributed by atoms with E-state index < -0.39 is 11.8 Å². The van der Waals surface area contributed by atoms with E-state index in [2.05, 4.69) is 5.32 Å². The second-order valence-corrected chi connectivity index (χ2v) is 5.60. The first kappa shape index (κ1) is 16.3. The minimum absolute atomic E-state index is 0.00574. The van der Waals surface area contributed by atoms with Gasteiger partial charge in [-0.05, 0) is 43.4 Å². The zero-order valence-corrected chi connectivity index (χ0v) is 12.5. The fourth-order valence-corrected chi connectivity index (χ4v) is 2.77. The number of aliphatic carboxylic acids is 1. The van der Waals surface area contributed by atoms with Crippen molar-refractivity contribution >= 4 is 11.9 Å². The maximum atomic E-state index is 13.6. The topological polar surface area (TPSA) is 75.6 Å². The predicted octanol–water partition coefficient (Wildman–Crippen LogP) is 2.14. The smallest absolute Gasteiger partial charge is 0.306 e. The highest BCUT2D eigenvalue weighted by atomic mass is 19.1. The van der Waals surface area contributed by atoms with Gasteiger partial charge in [0.15, 0.2) is 11.6 Å². The van der Waals surface area contributed by atoms with E-state index in [1.165, 1.54) is 19.2 Å². The summed E-state index contributed by atoms with van der Waals surface area (Å²) in [5, 5.41) is 11.8. The lowest BCUT2D eigenvalue weighted by Gasteiger charge is -2.26. The molecule has 1 amide bonds. The normalized spacial score (nSPS) is 21.2. The van der Waals surface area contributed by atoms with Gasteiger partial charge in [-0.2, -0.15) is 0 Å². The second kappa shape index (κ2) is 7.24. The highest BCUT2D eigenvalue weighted by Crippen LogP contribution is 2.24. The number of carboxylic acid groups (broad SMARTS) is 1. The van der Waals surface area contributed by atoms with E-state index in [-0.39, 0.29) is 30.0 Å². The average molecular weight is 309 g/mol. The van der Waals surface area contributed by atoms with Crippen molar-refractivity contribution in [2.45, 2.75) is 38.1 Å². The van der Waals surface area contributed by atoms with E-state index >= 15 is 0 Å². The number of nitrogens with one attached hydrogen (secondary N) is 1. The Balaban J connectivity index is 1.83. The molecule has 0 atom stereocenters. The van der Waals surface area contributed by atoms with Crippen molar-refractivity contribution in [3.05, 3.63) is 29.6 Å². The van der Waals surface area contributed by atoms with E-state index in [0.29, 0.717) is 31.2 Å². The third kappa shape index (κ3) is 4.19. The van der Waals surface area contributed by atoms with Crippen molar-refractivity contribution in [3.8, 4) is 5.75 Å². The van der Waals surface area contributed by atoms with Crippen LogP contribution in [-0.4, -0.2) is 30.1 Å². The molecule has 2 N–H and O–H groups in total. The number of carboxylic acids is 1. The molecule has 120 valence electrons. The number of rotatable bonds is 5. The lowest BCUT2D eigenvalue weighted by molar-refractivity contribution is -0.142. The van der Waals surface area contributed by atoms with E-state index in [1.54, 1.807) is 6.07 Å². The first-order valence-corrected chi connectivity index (χ1v) is 7.34. The molecule has 0 bridgehead atoms. The quantitative estimate of drug-likeness (QED) is 0.874. The summed E-state index contributed by atoms with van der Waals surface area (Å²) in [6, 6.07) is 4.45. The molecule has 6 heteroatoms. The molecule has 22 heavy (non-hydrogen) atoms. The Bertz CT molecular complexity index is 553. The molecule has 1 aliphatic carbocycles. The molecular formula is C16H20FNO4. The van der Waals surface area contributed by atoms with Crippen LogP contribution in [0.25, 0.3) is 0 Å². The first-order valence-electron chi connectivity index (χ1n) is 7.34. The van der Waals surface area contributed by atoms with Gasteiger partial charge >= 0.3 is 5.97 Å². The number of methoxy groups -OCH3 is 1. The molecule has 0 aliphatic heterocycles. The van der Waals surface area contributed by atoms with Crippen LogP contribution in [-0.2, 0) is 16.0 Å². The monoisotopic (exact) mass is 309 g/mol. The average Bonchev–Trinajstić information content (AvgIpc) is 2.48. The van der Waals surface area contributed by atoms with Crippen molar-refractivity contribution in [1.82, 2.24) is 5.32 Å². The van der Waals surface area contributed by atoms with E-state index in [9.17, 15) is 14.0 Å². The van der Waals surface area contributed by atoms with Crippen LogP contribution in [0, 0.1) is 11.7 Å². The van der Waals surface area contributed by atoms with Gasteiger partial charge in [0.05, 0.1) is 19.4 Å². The minimum atomic E-state index is -0.765.